The Hall–Kier alpha value is -1.95. The van der Waals surface area contributed by atoms with Crippen LogP contribution in [0.25, 0.3) is 0 Å². The molecule has 2 rings (SSSR count). The minimum Gasteiger partial charge on any atom is -0.346 e. The Kier molecular flexibility index (Phi) is 5.13. The highest BCUT2D eigenvalue weighted by Crippen LogP contribution is 2.14. The van der Waals surface area contributed by atoms with Crippen molar-refractivity contribution >= 4 is 17.2 Å². The second-order valence-electron chi connectivity index (χ2n) is 5.85. The number of amides is 1. The van der Waals surface area contributed by atoms with Gasteiger partial charge < -0.3 is 10.3 Å². The van der Waals surface area contributed by atoms with Gasteiger partial charge in [-0.1, -0.05) is 13.8 Å². The van der Waals surface area contributed by atoms with Gasteiger partial charge in [0.05, 0.1) is 5.01 Å². The van der Waals surface area contributed by atoms with Crippen molar-refractivity contribution in [2.24, 2.45) is 5.92 Å². The molecular weight excluding hydrogens is 298 g/mol. The Morgan fingerprint density at radius 3 is 2.77 bits per heavy atom. The van der Waals surface area contributed by atoms with Crippen LogP contribution in [0.15, 0.2) is 16.2 Å². The van der Waals surface area contributed by atoms with Crippen LogP contribution in [-0.4, -0.2) is 15.9 Å². The summed E-state index contributed by atoms with van der Waals surface area (Å²) >= 11 is 1.50. The van der Waals surface area contributed by atoms with Gasteiger partial charge in [0.2, 0.25) is 0 Å². The topological polar surface area (TPSA) is 74.8 Å². The number of hydrogen-bond acceptors (Lipinski definition) is 4. The summed E-state index contributed by atoms with van der Waals surface area (Å²) in [5.41, 5.74) is 2.53. The van der Waals surface area contributed by atoms with Gasteiger partial charge in [-0.25, -0.2) is 4.98 Å². The average molecular weight is 319 g/mol. The van der Waals surface area contributed by atoms with E-state index in [1.54, 1.807) is 5.38 Å². The number of hydrogen-bond donors (Lipinski definition) is 2. The third-order valence-electron chi connectivity index (χ3n) is 3.29. The van der Waals surface area contributed by atoms with Crippen molar-refractivity contribution in [3.05, 3.63) is 49.3 Å². The van der Waals surface area contributed by atoms with Crippen LogP contribution in [0, 0.1) is 19.8 Å². The Balaban J connectivity index is 2.04. The van der Waals surface area contributed by atoms with Gasteiger partial charge in [-0.2, -0.15) is 0 Å². The molecule has 2 N–H and O–H groups in total. The molecule has 0 spiro atoms. The molecular formula is C16H21N3O2S. The Morgan fingerprint density at radius 2 is 2.14 bits per heavy atom. The zero-order valence-corrected chi connectivity index (χ0v) is 14.1. The first-order chi connectivity index (χ1) is 10.4. The van der Waals surface area contributed by atoms with Gasteiger partial charge in [-0.3, -0.25) is 9.59 Å². The summed E-state index contributed by atoms with van der Waals surface area (Å²) in [6.45, 7) is 8.15. The van der Waals surface area contributed by atoms with Gasteiger partial charge in [-0.15, -0.1) is 11.3 Å². The summed E-state index contributed by atoms with van der Waals surface area (Å²) in [6.07, 6.45) is 0.870. The SMILES string of the molecule is Cc1cc(C)c(CNC(=O)c2csc(CC(C)C)n2)c(=O)[nH]1. The number of thiazole rings is 1. The van der Waals surface area contributed by atoms with Crippen LogP contribution in [-0.2, 0) is 13.0 Å². The van der Waals surface area contributed by atoms with Gasteiger partial charge in [0.1, 0.15) is 5.69 Å². The summed E-state index contributed by atoms with van der Waals surface area (Å²) in [6, 6.07) is 1.90. The maximum atomic E-state index is 12.1. The molecule has 118 valence electrons. The zero-order chi connectivity index (χ0) is 16.3. The fraction of sp³-hybridized carbons (Fsp3) is 0.438. The van der Waals surface area contributed by atoms with E-state index in [4.69, 9.17) is 0 Å². The fourth-order valence-corrected chi connectivity index (χ4v) is 3.21. The zero-order valence-electron chi connectivity index (χ0n) is 13.3. The van der Waals surface area contributed by atoms with E-state index in [2.05, 4.69) is 29.1 Å². The summed E-state index contributed by atoms with van der Waals surface area (Å²) in [7, 11) is 0. The molecule has 0 aliphatic rings. The smallest absolute Gasteiger partial charge is 0.271 e. The third kappa shape index (κ3) is 4.04. The standard InChI is InChI=1S/C16H21N3O2S/c1-9(2)5-14-19-13(8-22-14)16(21)17-7-12-10(3)6-11(4)18-15(12)20/h6,8-9H,5,7H2,1-4H3,(H,17,21)(H,18,20). The molecule has 0 aromatic carbocycles. The van der Waals surface area contributed by atoms with Gasteiger partial charge >= 0.3 is 0 Å². The van der Waals surface area contributed by atoms with Crippen LogP contribution in [0.3, 0.4) is 0 Å². The second-order valence-corrected chi connectivity index (χ2v) is 6.79. The first-order valence-corrected chi connectivity index (χ1v) is 8.16. The number of carbonyl (C=O) groups excluding carboxylic acids is 1. The van der Waals surface area contributed by atoms with E-state index >= 15 is 0 Å². The molecule has 0 unspecified atom stereocenters. The maximum absolute atomic E-state index is 12.1. The van der Waals surface area contributed by atoms with E-state index in [1.165, 1.54) is 11.3 Å². The summed E-state index contributed by atoms with van der Waals surface area (Å²) in [4.78, 5) is 31.1. The molecule has 22 heavy (non-hydrogen) atoms. The number of nitrogens with one attached hydrogen (secondary N) is 2. The van der Waals surface area contributed by atoms with Gasteiger partial charge in [0.25, 0.3) is 11.5 Å². The monoisotopic (exact) mass is 319 g/mol. The number of H-pyrrole nitrogens is 1. The van der Waals surface area contributed by atoms with Crippen LogP contribution < -0.4 is 10.9 Å². The summed E-state index contributed by atoms with van der Waals surface area (Å²) in [5, 5.41) is 5.49. The lowest BCUT2D eigenvalue weighted by atomic mass is 10.1. The molecule has 0 aliphatic carbocycles. The number of nitrogens with zero attached hydrogens (tertiary/aromatic N) is 1. The maximum Gasteiger partial charge on any atom is 0.271 e. The fourth-order valence-electron chi connectivity index (χ4n) is 2.22. The number of aromatic nitrogens is 2. The van der Waals surface area contributed by atoms with Crippen molar-refractivity contribution in [1.29, 1.82) is 0 Å². The van der Waals surface area contributed by atoms with Gasteiger partial charge in [-0.05, 0) is 31.4 Å². The van der Waals surface area contributed by atoms with Crippen LogP contribution in [0.5, 0.6) is 0 Å². The predicted octanol–water partition coefficient (Wildman–Crippen LogP) is 2.58. The molecule has 5 nitrogen and oxygen atoms in total. The van der Waals surface area contributed by atoms with Crippen molar-refractivity contribution in [2.45, 2.75) is 40.7 Å². The molecule has 0 aliphatic heterocycles. The van der Waals surface area contributed by atoms with Crippen molar-refractivity contribution in [3.63, 3.8) is 0 Å². The predicted molar refractivity (Wildman–Crippen MR) is 88.4 cm³/mol. The lowest BCUT2D eigenvalue weighted by molar-refractivity contribution is 0.0946. The second kappa shape index (κ2) is 6.87. The summed E-state index contributed by atoms with van der Waals surface area (Å²) in [5.74, 6) is 0.265. The molecule has 0 fully saturated rings. The Morgan fingerprint density at radius 1 is 1.41 bits per heavy atom. The molecule has 0 atom stereocenters. The number of pyridine rings is 1. The molecule has 2 aromatic heterocycles. The van der Waals surface area contributed by atoms with E-state index in [0.29, 0.717) is 17.2 Å². The molecule has 0 bridgehead atoms. The molecule has 2 heterocycles. The molecule has 0 saturated heterocycles. The first kappa shape index (κ1) is 16.4. The van der Waals surface area contributed by atoms with E-state index < -0.39 is 0 Å². The quantitative estimate of drug-likeness (QED) is 0.889. The minimum atomic E-state index is -0.245. The van der Waals surface area contributed by atoms with Crippen molar-refractivity contribution in [1.82, 2.24) is 15.3 Å². The normalized spacial score (nSPS) is 11.0. The van der Waals surface area contributed by atoms with Gasteiger partial charge in [0, 0.05) is 29.6 Å². The van der Waals surface area contributed by atoms with E-state index in [0.717, 1.165) is 22.7 Å². The molecule has 1 amide bonds. The average Bonchev–Trinajstić information content (AvgIpc) is 2.84. The number of aromatic amines is 1. The van der Waals surface area contributed by atoms with Crippen LogP contribution in [0.4, 0.5) is 0 Å². The van der Waals surface area contributed by atoms with Crippen LogP contribution in [0.2, 0.25) is 0 Å². The lowest BCUT2D eigenvalue weighted by Gasteiger charge is -2.07. The van der Waals surface area contributed by atoms with Crippen LogP contribution >= 0.6 is 11.3 Å². The Labute approximate surface area is 133 Å². The van der Waals surface area contributed by atoms with E-state index in [9.17, 15) is 9.59 Å². The first-order valence-electron chi connectivity index (χ1n) is 7.28. The van der Waals surface area contributed by atoms with Crippen LogP contribution in [0.1, 0.15) is 46.2 Å². The number of rotatable bonds is 5. The largest absolute Gasteiger partial charge is 0.346 e. The highest BCUT2D eigenvalue weighted by molar-refractivity contribution is 7.09. The molecule has 0 radical (unpaired) electrons. The van der Waals surface area contributed by atoms with Crippen molar-refractivity contribution in [3.8, 4) is 0 Å². The lowest BCUT2D eigenvalue weighted by Crippen LogP contribution is -2.28. The van der Waals surface area contributed by atoms with Gasteiger partial charge in [0.15, 0.2) is 0 Å². The number of aryl methyl sites for hydroxylation is 2. The molecule has 0 saturated carbocycles. The highest BCUT2D eigenvalue weighted by atomic mass is 32.1. The minimum absolute atomic E-state index is 0.156. The highest BCUT2D eigenvalue weighted by Gasteiger charge is 2.13. The van der Waals surface area contributed by atoms with E-state index in [1.807, 2.05) is 19.9 Å². The summed E-state index contributed by atoms with van der Waals surface area (Å²) < 4.78 is 0. The molecule has 2 aromatic rings. The van der Waals surface area contributed by atoms with Crippen molar-refractivity contribution in [2.75, 3.05) is 0 Å². The van der Waals surface area contributed by atoms with Crippen molar-refractivity contribution < 1.29 is 4.79 Å². The van der Waals surface area contributed by atoms with E-state index in [-0.39, 0.29) is 18.0 Å². The Bertz CT molecular complexity index is 731. The third-order valence-corrected chi connectivity index (χ3v) is 4.16. The number of carbonyl (C=O) groups is 1. The molecule has 6 heteroatoms.